The van der Waals surface area contributed by atoms with E-state index in [1.54, 1.807) is 6.07 Å². The highest BCUT2D eigenvalue weighted by atomic mass is 16.5. The molecule has 0 atom stereocenters. The van der Waals surface area contributed by atoms with Crippen LogP contribution < -0.4 is 15.2 Å². The summed E-state index contributed by atoms with van der Waals surface area (Å²) in [4.78, 5) is 24.6. The molecule has 138 valence electrons. The molecule has 1 saturated heterocycles. The first-order valence-electron chi connectivity index (χ1n) is 8.54. The normalized spacial score (nSPS) is 14.9. The van der Waals surface area contributed by atoms with Gasteiger partial charge in [-0.15, -0.1) is 0 Å². The molecule has 0 saturated carbocycles. The molecule has 0 bridgehead atoms. The van der Waals surface area contributed by atoms with Gasteiger partial charge in [-0.1, -0.05) is 18.2 Å². The van der Waals surface area contributed by atoms with E-state index in [1.165, 1.54) is 7.11 Å². The number of hydrogen-bond acceptors (Lipinski definition) is 7. The molecule has 2 aromatic rings. The maximum Gasteiger partial charge on any atom is 0.321 e. The smallest absolute Gasteiger partial charge is 0.321 e. The van der Waals surface area contributed by atoms with Crippen LogP contribution in [0, 0.1) is 0 Å². The Labute approximate surface area is 152 Å². The van der Waals surface area contributed by atoms with Gasteiger partial charge < -0.3 is 20.1 Å². The third kappa shape index (κ3) is 4.60. The summed E-state index contributed by atoms with van der Waals surface area (Å²) in [6.07, 6.45) is 0. The van der Waals surface area contributed by atoms with E-state index in [0.29, 0.717) is 31.4 Å². The molecule has 8 nitrogen and oxygen atoms in total. The molecule has 1 aliphatic heterocycles. The van der Waals surface area contributed by atoms with Crippen molar-refractivity contribution in [3.05, 3.63) is 42.0 Å². The molecule has 2 N–H and O–H groups in total. The lowest BCUT2D eigenvalue weighted by atomic mass is 10.2. The number of rotatable bonds is 6. The molecular formula is C18H23N5O3. The van der Waals surface area contributed by atoms with Crippen LogP contribution >= 0.6 is 0 Å². The summed E-state index contributed by atoms with van der Waals surface area (Å²) in [7, 11) is 1.48. The summed E-state index contributed by atoms with van der Waals surface area (Å²) >= 11 is 0. The fraction of sp³-hybridized carbons (Fsp3) is 0.389. The number of carbonyl (C=O) groups is 1. The van der Waals surface area contributed by atoms with Crippen LogP contribution in [0.1, 0.15) is 10.4 Å². The van der Waals surface area contributed by atoms with Crippen molar-refractivity contribution in [1.82, 2.24) is 19.8 Å². The van der Waals surface area contributed by atoms with Crippen LogP contribution in [0.5, 0.6) is 11.9 Å². The van der Waals surface area contributed by atoms with Gasteiger partial charge in [0.15, 0.2) is 0 Å². The van der Waals surface area contributed by atoms with Crippen molar-refractivity contribution < 1.29 is 14.3 Å². The summed E-state index contributed by atoms with van der Waals surface area (Å²) in [5.41, 5.74) is 6.42. The zero-order valence-electron chi connectivity index (χ0n) is 14.8. The number of nitrogen functional groups attached to an aromatic ring is 1. The number of anilines is 1. The molecule has 1 aromatic carbocycles. The molecule has 8 heteroatoms. The minimum absolute atomic E-state index is 0.0880. The largest absolute Gasteiger partial charge is 0.476 e. The Balaban J connectivity index is 1.43. The summed E-state index contributed by atoms with van der Waals surface area (Å²) in [6, 6.07) is 11.1. The fourth-order valence-corrected chi connectivity index (χ4v) is 2.80. The fourth-order valence-electron chi connectivity index (χ4n) is 2.80. The zero-order valence-corrected chi connectivity index (χ0v) is 14.8. The van der Waals surface area contributed by atoms with Gasteiger partial charge in [-0.05, 0) is 12.1 Å². The third-order valence-corrected chi connectivity index (χ3v) is 4.22. The zero-order chi connectivity index (χ0) is 18.4. The van der Waals surface area contributed by atoms with Crippen molar-refractivity contribution >= 4 is 11.7 Å². The second kappa shape index (κ2) is 8.48. The van der Waals surface area contributed by atoms with Gasteiger partial charge in [0.1, 0.15) is 12.4 Å². The van der Waals surface area contributed by atoms with Gasteiger partial charge in [-0.2, -0.15) is 9.97 Å². The van der Waals surface area contributed by atoms with Gasteiger partial charge in [0.2, 0.25) is 5.88 Å². The Morgan fingerprint density at radius 3 is 2.58 bits per heavy atom. The molecule has 26 heavy (non-hydrogen) atoms. The van der Waals surface area contributed by atoms with Crippen molar-refractivity contribution in [3.8, 4) is 11.9 Å². The molecule has 3 rings (SSSR count). The molecule has 1 aliphatic rings. The number of amides is 1. The Hall–Kier alpha value is -2.87. The molecule has 1 fully saturated rings. The monoisotopic (exact) mass is 357 g/mol. The minimum atomic E-state index is 0.0880. The van der Waals surface area contributed by atoms with E-state index < -0.39 is 0 Å². The van der Waals surface area contributed by atoms with Crippen LogP contribution in [0.4, 0.5) is 5.82 Å². The second-order valence-corrected chi connectivity index (χ2v) is 5.97. The van der Waals surface area contributed by atoms with Crippen LogP contribution in [0.15, 0.2) is 36.4 Å². The van der Waals surface area contributed by atoms with Gasteiger partial charge in [-0.3, -0.25) is 9.69 Å². The third-order valence-electron chi connectivity index (χ3n) is 4.22. The van der Waals surface area contributed by atoms with Gasteiger partial charge in [0, 0.05) is 44.4 Å². The standard InChI is InChI=1S/C18H23N5O3/c1-25-18-20-15(19)13-16(21-18)26-12-11-22-7-9-23(10-8-22)17(24)14-5-3-2-4-6-14/h2-6,13H,7-12H2,1H3,(H2,19,20,21). The Morgan fingerprint density at radius 2 is 1.88 bits per heavy atom. The minimum Gasteiger partial charge on any atom is -0.476 e. The van der Waals surface area contributed by atoms with E-state index in [-0.39, 0.29) is 11.9 Å². The van der Waals surface area contributed by atoms with Crippen LogP contribution in [0.25, 0.3) is 0 Å². The molecule has 0 radical (unpaired) electrons. The van der Waals surface area contributed by atoms with Crippen molar-refractivity contribution in [2.75, 3.05) is 52.2 Å². The quantitative estimate of drug-likeness (QED) is 0.821. The van der Waals surface area contributed by atoms with Crippen molar-refractivity contribution in [2.45, 2.75) is 0 Å². The molecule has 0 aliphatic carbocycles. The van der Waals surface area contributed by atoms with Gasteiger partial charge in [-0.25, -0.2) is 0 Å². The average Bonchev–Trinajstić information content (AvgIpc) is 2.68. The number of methoxy groups -OCH3 is 1. The highest BCUT2D eigenvalue weighted by molar-refractivity contribution is 5.94. The number of nitrogens with two attached hydrogens (primary N) is 1. The van der Waals surface area contributed by atoms with Crippen molar-refractivity contribution in [2.24, 2.45) is 0 Å². The molecular weight excluding hydrogens is 334 g/mol. The lowest BCUT2D eigenvalue weighted by Gasteiger charge is -2.34. The van der Waals surface area contributed by atoms with Gasteiger partial charge in [0.05, 0.1) is 7.11 Å². The Morgan fingerprint density at radius 1 is 1.15 bits per heavy atom. The summed E-state index contributed by atoms with van der Waals surface area (Å²) in [6.45, 7) is 4.28. The first-order chi connectivity index (χ1) is 12.7. The topological polar surface area (TPSA) is 93.8 Å². The Bertz CT molecular complexity index is 733. The molecule has 0 spiro atoms. The second-order valence-electron chi connectivity index (χ2n) is 5.97. The molecule has 1 aromatic heterocycles. The number of ether oxygens (including phenoxy) is 2. The molecule has 2 heterocycles. The maximum atomic E-state index is 12.4. The number of nitrogens with zero attached hydrogens (tertiary/aromatic N) is 4. The van der Waals surface area contributed by atoms with Crippen LogP contribution in [-0.4, -0.2) is 72.1 Å². The highest BCUT2D eigenvalue weighted by Crippen LogP contribution is 2.15. The van der Waals surface area contributed by atoms with Crippen molar-refractivity contribution in [1.29, 1.82) is 0 Å². The number of piperazine rings is 1. The summed E-state index contributed by atoms with van der Waals surface area (Å²) in [5, 5.41) is 0. The molecule has 1 amide bonds. The van der Waals surface area contributed by atoms with Crippen LogP contribution in [-0.2, 0) is 0 Å². The lowest BCUT2D eigenvalue weighted by Crippen LogP contribution is -2.49. The van der Waals surface area contributed by atoms with E-state index >= 15 is 0 Å². The number of benzene rings is 1. The first-order valence-corrected chi connectivity index (χ1v) is 8.54. The summed E-state index contributed by atoms with van der Waals surface area (Å²) < 4.78 is 10.6. The van der Waals surface area contributed by atoms with E-state index in [2.05, 4.69) is 14.9 Å². The van der Waals surface area contributed by atoms with Gasteiger partial charge >= 0.3 is 6.01 Å². The summed E-state index contributed by atoms with van der Waals surface area (Å²) in [5.74, 6) is 0.789. The average molecular weight is 357 g/mol. The molecule has 0 unspecified atom stereocenters. The predicted octanol–water partition coefficient (Wildman–Crippen LogP) is 0.904. The SMILES string of the molecule is COc1nc(N)cc(OCCN2CCN(C(=O)c3ccccc3)CC2)n1. The first kappa shape index (κ1) is 17.9. The maximum absolute atomic E-state index is 12.4. The number of hydrogen-bond donors (Lipinski definition) is 1. The van der Waals surface area contributed by atoms with Gasteiger partial charge in [0.25, 0.3) is 5.91 Å². The van der Waals surface area contributed by atoms with E-state index in [9.17, 15) is 4.79 Å². The van der Waals surface area contributed by atoms with Crippen molar-refractivity contribution in [3.63, 3.8) is 0 Å². The highest BCUT2D eigenvalue weighted by Gasteiger charge is 2.21. The van der Waals surface area contributed by atoms with E-state index in [4.69, 9.17) is 15.2 Å². The Kier molecular flexibility index (Phi) is 5.85. The predicted molar refractivity (Wildman–Crippen MR) is 97.3 cm³/mol. The van der Waals surface area contributed by atoms with E-state index in [0.717, 1.165) is 25.2 Å². The number of aromatic nitrogens is 2. The van der Waals surface area contributed by atoms with Crippen LogP contribution in [0.3, 0.4) is 0 Å². The van der Waals surface area contributed by atoms with Crippen LogP contribution in [0.2, 0.25) is 0 Å². The lowest BCUT2D eigenvalue weighted by molar-refractivity contribution is 0.0619. The number of carbonyl (C=O) groups excluding carboxylic acids is 1. The van der Waals surface area contributed by atoms with E-state index in [1.807, 2.05) is 35.2 Å².